The van der Waals surface area contributed by atoms with Gasteiger partial charge in [0, 0.05) is 28.0 Å². The third-order valence-corrected chi connectivity index (χ3v) is 2.82. The lowest BCUT2D eigenvalue weighted by molar-refractivity contribution is -0.386. The number of anilines is 1. The molecule has 0 aliphatic carbocycles. The van der Waals surface area contributed by atoms with Crippen LogP contribution in [-0.2, 0) is 0 Å². The molecule has 0 saturated heterocycles. The van der Waals surface area contributed by atoms with Crippen molar-refractivity contribution in [2.45, 2.75) is 6.92 Å². The van der Waals surface area contributed by atoms with Crippen molar-refractivity contribution >= 4 is 40.7 Å². The van der Waals surface area contributed by atoms with Gasteiger partial charge in [-0.2, -0.15) is 0 Å². The Morgan fingerprint density at radius 2 is 2.00 bits per heavy atom. The first-order chi connectivity index (χ1) is 9.47. The Morgan fingerprint density at radius 1 is 1.35 bits per heavy atom. The molecule has 104 valence electrons. The minimum atomic E-state index is -0.540. The molecule has 0 saturated carbocycles. The number of halogens is 2. The predicted octanol–water partition coefficient (Wildman–Crippen LogP) is 4.28. The molecule has 1 heterocycles. The first kappa shape index (κ1) is 14.4. The molecule has 8 heteroatoms. The van der Waals surface area contributed by atoms with Crippen molar-refractivity contribution in [2.24, 2.45) is 0 Å². The topological polar surface area (TPSA) is 81.2 Å². The molecule has 2 rings (SSSR count). The van der Waals surface area contributed by atoms with E-state index in [4.69, 9.17) is 27.7 Å². The van der Waals surface area contributed by atoms with Gasteiger partial charge in [-0.15, -0.1) is 0 Å². The fraction of sp³-hybridized carbons (Fsp3) is 0.0833. The van der Waals surface area contributed by atoms with Crippen LogP contribution in [0.3, 0.4) is 0 Å². The van der Waals surface area contributed by atoms with Gasteiger partial charge in [0.1, 0.15) is 0 Å². The van der Waals surface area contributed by atoms with Crippen LogP contribution in [0.2, 0.25) is 10.0 Å². The Hall–Kier alpha value is -2.05. The molecule has 0 atom stereocenters. The monoisotopic (exact) mass is 313 g/mol. The quantitative estimate of drug-likeness (QED) is 0.673. The first-order valence-electron chi connectivity index (χ1n) is 5.47. The molecule has 0 spiro atoms. The molecule has 1 aromatic carbocycles. The number of rotatable bonds is 4. The maximum atomic E-state index is 10.8. The van der Waals surface area contributed by atoms with Crippen LogP contribution in [-0.4, -0.2) is 10.1 Å². The normalized spacial score (nSPS) is 10.9. The third-order valence-electron chi connectivity index (χ3n) is 2.39. The van der Waals surface area contributed by atoms with E-state index in [9.17, 15) is 10.1 Å². The lowest BCUT2D eigenvalue weighted by Crippen LogP contribution is -1.91. The fourth-order valence-corrected chi connectivity index (χ4v) is 2.09. The minimum Gasteiger partial charge on any atom is -0.361 e. The van der Waals surface area contributed by atoms with Crippen molar-refractivity contribution in [2.75, 3.05) is 5.32 Å². The molecular formula is C12H9Cl2N3O3. The molecule has 0 bridgehead atoms. The summed E-state index contributed by atoms with van der Waals surface area (Å²) in [6, 6.07) is 4.93. The summed E-state index contributed by atoms with van der Waals surface area (Å²) in [6.45, 7) is 1.50. The first-order valence-corrected chi connectivity index (χ1v) is 6.23. The number of nitrogens with one attached hydrogen (secondary N) is 1. The summed E-state index contributed by atoms with van der Waals surface area (Å²) in [4.78, 5) is 10.3. The molecule has 2 aromatic rings. The molecule has 0 radical (unpaired) electrons. The highest BCUT2D eigenvalue weighted by Gasteiger charge is 2.21. The van der Waals surface area contributed by atoms with Crippen LogP contribution in [0.1, 0.15) is 11.5 Å². The van der Waals surface area contributed by atoms with Crippen LogP contribution >= 0.6 is 23.2 Å². The summed E-state index contributed by atoms with van der Waals surface area (Å²) in [7, 11) is 0. The maximum absolute atomic E-state index is 10.8. The zero-order chi connectivity index (χ0) is 14.7. The second-order valence-electron chi connectivity index (χ2n) is 3.87. The molecule has 0 fully saturated rings. The Morgan fingerprint density at radius 3 is 2.60 bits per heavy atom. The SMILES string of the molecule is Cc1noc(/C=C/Nc2cc(Cl)cc(Cl)c2)c1[N+](=O)[O-]. The van der Waals surface area contributed by atoms with Gasteiger partial charge in [-0.3, -0.25) is 10.1 Å². The fourth-order valence-electron chi connectivity index (χ4n) is 1.56. The van der Waals surface area contributed by atoms with Gasteiger partial charge >= 0.3 is 5.69 Å². The summed E-state index contributed by atoms with van der Waals surface area (Å²) in [5.41, 5.74) is 0.713. The molecule has 0 aliphatic rings. The van der Waals surface area contributed by atoms with E-state index in [0.717, 1.165) is 0 Å². The van der Waals surface area contributed by atoms with Crippen molar-refractivity contribution in [1.82, 2.24) is 5.16 Å². The summed E-state index contributed by atoms with van der Waals surface area (Å²) in [5, 5.41) is 18.2. The summed E-state index contributed by atoms with van der Waals surface area (Å²) in [6.07, 6.45) is 2.89. The van der Waals surface area contributed by atoms with Gasteiger partial charge in [0.25, 0.3) is 0 Å². The molecule has 0 aliphatic heterocycles. The zero-order valence-corrected chi connectivity index (χ0v) is 11.8. The molecule has 0 amide bonds. The predicted molar refractivity (Wildman–Crippen MR) is 77.0 cm³/mol. The zero-order valence-electron chi connectivity index (χ0n) is 10.3. The molecule has 6 nitrogen and oxygen atoms in total. The molecule has 1 aromatic heterocycles. The van der Waals surface area contributed by atoms with Crippen LogP contribution in [0, 0.1) is 17.0 Å². The Kier molecular flexibility index (Phi) is 4.26. The number of hydrogen-bond acceptors (Lipinski definition) is 5. The van der Waals surface area contributed by atoms with Crippen molar-refractivity contribution in [3.63, 3.8) is 0 Å². The standard InChI is InChI=1S/C12H9Cl2N3O3/c1-7-12(17(18)19)11(20-16-7)2-3-15-10-5-8(13)4-9(14)6-10/h2-6,15H,1H3/b3-2+. The summed E-state index contributed by atoms with van der Waals surface area (Å²) in [5.74, 6) is 0.0631. The number of aryl methyl sites for hydroxylation is 1. The third kappa shape index (κ3) is 3.28. The van der Waals surface area contributed by atoms with Gasteiger partial charge in [0.2, 0.25) is 5.76 Å². The van der Waals surface area contributed by atoms with Crippen LogP contribution in [0.25, 0.3) is 6.08 Å². The lowest BCUT2D eigenvalue weighted by Gasteiger charge is -2.01. The van der Waals surface area contributed by atoms with E-state index in [1.165, 1.54) is 19.2 Å². The van der Waals surface area contributed by atoms with Gasteiger partial charge in [0.05, 0.1) is 4.92 Å². The van der Waals surface area contributed by atoms with Gasteiger partial charge in [-0.05, 0) is 25.1 Å². The van der Waals surface area contributed by atoms with Crippen LogP contribution in [0.4, 0.5) is 11.4 Å². The van der Waals surface area contributed by atoms with Crippen molar-refractivity contribution < 1.29 is 9.45 Å². The minimum absolute atomic E-state index is 0.0631. The average Bonchev–Trinajstić information content (AvgIpc) is 2.69. The van der Waals surface area contributed by atoms with E-state index in [0.29, 0.717) is 15.7 Å². The van der Waals surface area contributed by atoms with Gasteiger partial charge < -0.3 is 9.84 Å². The Labute approximate surface area is 124 Å². The highest BCUT2D eigenvalue weighted by atomic mass is 35.5. The number of nitro groups is 1. The average molecular weight is 314 g/mol. The number of aromatic nitrogens is 1. The smallest absolute Gasteiger partial charge is 0.338 e. The van der Waals surface area contributed by atoms with Gasteiger partial charge in [-0.1, -0.05) is 28.4 Å². The summed E-state index contributed by atoms with van der Waals surface area (Å²) < 4.78 is 4.87. The number of nitrogens with zero attached hydrogens (tertiary/aromatic N) is 2. The number of hydrogen-bond donors (Lipinski definition) is 1. The Balaban J connectivity index is 2.16. The van der Waals surface area contributed by atoms with Gasteiger partial charge in [0.15, 0.2) is 5.69 Å². The van der Waals surface area contributed by atoms with E-state index in [2.05, 4.69) is 10.5 Å². The largest absolute Gasteiger partial charge is 0.361 e. The molecule has 1 N–H and O–H groups in total. The van der Waals surface area contributed by atoms with Crippen LogP contribution < -0.4 is 5.32 Å². The second kappa shape index (κ2) is 5.94. The maximum Gasteiger partial charge on any atom is 0.338 e. The second-order valence-corrected chi connectivity index (χ2v) is 4.75. The van der Waals surface area contributed by atoms with Crippen molar-refractivity contribution in [1.29, 1.82) is 0 Å². The lowest BCUT2D eigenvalue weighted by atomic mass is 10.3. The molecule has 0 unspecified atom stereocenters. The number of benzene rings is 1. The van der Waals surface area contributed by atoms with E-state index in [1.807, 2.05) is 0 Å². The van der Waals surface area contributed by atoms with E-state index in [1.54, 1.807) is 18.2 Å². The molecular weight excluding hydrogens is 305 g/mol. The van der Waals surface area contributed by atoms with E-state index < -0.39 is 4.92 Å². The Bertz CT molecular complexity index is 662. The highest BCUT2D eigenvalue weighted by Crippen LogP contribution is 2.25. The van der Waals surface area contributed by atoms with E-state index in [-0.39, 0.29) is 17.1 Å². The van der Waals surface area contributed by atoms with E-state index >= 15 is 0 Å². The molecule has 20 heavy (non-hydrogen) atoms. The highest BCUT2D eigenvalue weighted by molar-refractivity contribution is 6.35. The van der Waals surface area contributed by atoms with Crippen LogP contribution in [0.5, 0.6) is 0 Å². The van der Waals surface area contributed by atoms with Crippen LogP contribution in [0.15, 0.2) is 28.9 Å². The van der Waals surface area contributed by atoms with Crippen molar-refractivity contribution in [3.05, 3.63) is 56.0 Å². The summed E-state index contributed by atoms with van der Waals surface area (Å²) >= 11 is 11.7. The van der Waals surface area contributed by atoms with Gasteiger partial charge in [-0.25, -0.2) is 0 Å². The van der Waals surface area contributed by atoms with Crippen molar-refractivity contribution in [3.8, 4) is 0 Å².